The third-order valence-corrected chi connectivity index (χ3v) is 3.93. The Morgan fingerprint density at radius 2 is 1.95 bits per heavy atom. The van der Waals surface area contributed by atoms with Gasteiger partial charge < -0.3 is 15.7 Å². The maximum absolute atomic E-state index is 12.1. The van der Waals surface area contributed by atoms with Crippen molar-refractivity contribution in [2.45, 2.75) is 59.0 Å². The molecule has 1 heterocycles. The summed E-state index contributed by atoms with van der Waals surface area (Å²) in [7, 11) is 1.91. The monoisotopic (exact) mass is 296 g/mol. The summed E-state index contributed by atoms with van der Waals surface area (Å²) in [6.45, 7) is 8.09. The fourth-order valence-electron chi connectivity index (χ4n) is 2.59. The van der Waals surface area contributed by atoms with E-state index in [4.69, 9.17) is 5.11 Å². The molecule has 1 rings (SSSR count). The minimum atomic E-state index is -0.190. The number of carbonyl (C=O) groups is 1. The Labute approximate surface area is 126 Å². The molecule has 0 bridgehead atoms. The fraction of sp³-hybridized carbons (Fsp3) is 0.733. The second-order valence-corrected chi connectivity index (χ2v) is 5.40. The number of aryl methyl sites for hydroxylation is 2. The van der Waals surface area contributed by atoms with Gasteiger partial charge in [0.05, 0.1) is 11.7 Å². The van der Waals surface area contributed by atoms with Crippen molar-refractivity contribution in [3.8, 4) is 0 Å². The lowest BCUT2D eigenvalue weighted by molar-refractivity contribution is 0.224. The number of urea groups is 1. The minimum absolute atomic E-state index is 0.00333. The number of aromatic nitrogens is 2. The molecule has 0 aliphatic rings. The smallest absolute Gasteiger partial charge is 0.315 e. The Balaban J connectivity index is 2.76. The maximum Gasteiger partial charge on any atom is 0.315 e. The van der Waals surface area contributed by atoms with Crippen LogP contribution in [0.2, 0.25) is 0 Å². The molecule has 0 radical (unpaired) electrons. The Hall–Kier alpha value is -1.56. The van der Waals surface area contributed by atoms with Gasteiger partial charge in [-0.05, 0) is 33.1 Å². The van der Waals surface area contributed by atoms with Crippen molar-refractivity contribution >= 4 is 6.03 Å². The van der Waals surface area contributed by atoms with Crippen LogP contribution in [0.5, 0.6) is 0 Å². The summed E-state index contributed by atoms with van der Waals surface area (Å²) >= 11 is 0. The average molecular weight is 296 g/mol. The van der Waals surface area contributed by atoms with Gasteiger partial charge in [-0.25, -0.2) is 4.79 Å². The van der Waals surface area contributed by atoms with E-state index in [2.05, 4.69) is 15.7 Å². The van der Waals surface area contributed by atoms with Crippen LogP contribution in [0.3, 0.4) is 0 Å². The molecule has 3 N–H and O–H groups in total. The van der Waals surface area contributed by atoms with Gasteiger partial charge in [-0.15, -0.1) is 0 Å². The van der Waals surface area contributed by atoms with Crippen LogP contribution < -0.4 is 10.6 Å². The molecule has 0 aromatic carbocycles. The van der Waals surface area contributed by atoms with E-state index >= 15 is 0 Å². The summed E-state index contributed by atoms with van der Waals surface area (Å²) < 4.78 is 1.84. The molecule has 6 heteroatoms. The first-order valence-corrected chi connectivity index (χ1v) is 7.62. The number of hydrogen-bond acceptors (Lipinski definition) is 3. The van der Waals surface area contributed by atoms with Crippen molar-refractivity contribution in [1.29, 1.82) is 0 Å². The molecule has 0 aliphatic carbocycles. The van der Waals surface area contributed by atoms with E-state index in [1.807, 2.05) is 39.4 Å². The summed E-state index contributed by atoms with van der Waals surface area (Å²) in [6, 6.07) is -0.237. The van der Waals surface area contributed by atoms with E-state index < -0.39 is 0 Å². The van der Waals surface area contributed by atoms with Crippen LogP contribution in [0.25, 0.3) is 0 Å². The van der Waals surface area contributed by atoms with Crippen LogP contribution in [0.4, 0.5) is 4.79 Å². The van der Waals surface area contributed by atoms with Crippen LogP contribution >= 0.6 is 0 Å². The molecular formula is C15H28N4O2. The van der Waals surface area contributed by atoms with Gasteiger partial charge in [-0.2, -0.15) is 5.10 Å². The molecule has 0 saturated heterocycles. The van der Waals surface area contributed by atoms with Crippen LogP contribution in [-0.4, -0.2) is 33.6 Å². The van der Waals surface area contributed by atoms with Crippen molar-refractivity contribution in [2.75, 3.05) is 6.61 Å². The summed E-state index contributed by atoms with van der Waals surface area (Å²) in [5.41, 5.74) is 3.11. The van der Waals surface area contributed by atoms with Gasteiger partial charge in [-0.1, -0.05) is 13.8 Å². The number of rotatable bonds is 7. The second kappa shape index (κ2) is 8.02. The van der Waals surface area contributed by atoms with E-state index in [1.54, 1.807) is 0 Å². The first-order chi connectivity index (χ1) is 9.94. The molecule has 0 fully saturated rings. The van der Waals surface area contributed by atoms with Gasteiger partial charge in [0.25, 0.3) is 0 Å². The number of nitrogens with one attached hydrogen (secondary N) is 2. The normalized spacial score (nSPS) is 13.8. The lowest BCUT2D eigenvalue weighted by Gasteiger charge is -2.21. The Bertz CT molecular complexity index is 470. The van der Waals surface area contributed by atoms with Gasteiger partial charge in [0.1, 0.15) is 0 Å². The molecular weight excluding hydrogens is 268 g/mol. The van der Waals surface area contributed by atoms with E-state index in [0.29, 0.717) is 6.42 Å². The van der Waals surface area contributed by atoms with E-state index in [1.165, 1.54) is 0 Å². The highest BCUT2D eigenvalue weighted by atomic mass is 16.3. The van der Waals surface area contributed by atoms with Gasteiger partial charge in [0.2, 0.25) is 0 Å². The first-order valence-electron chi connectivity index (χ1n) is 7.62. The lowest BCUT2D eigenvalue weighted by atomic mass is 10.0. The molecule has 2 amide bonds. The summed E-state index contributed by atoms with van der Waals surface area (Å²) in [4.78, 5) is 12.1. The molecule has 0 spiro atoms. The zero-order valence-corrected chi connectivity index (χ0v) is 13.7. The summed E-state index contributed by atoms with van der Waals surface area (Å²) in [5, 5.41) is 19.3. The highest BCUT2D eigenvalue weighted by Crippen LogP contribution is 2.23. The van der Waals surface area contributed by atoms with Crippen molar-refractivity contribution in [2.24, 2.45) is 7.05 Å². The second-order valence-electron chi connectivity index (χ2n) is 5.40. The van der Waals surface area contributed by atoms with Crippen molar-refractivity contribution in [3.63, 3.8) is 0 Å². The standard InChI is InChI=1S/C15H28N4O2/c1-6-12(8-9-20)16-15(21)17-13(7-2)14-10(3)18-19(5)11(14)4/h12-13,20H,6-9H2,1-5H3,(H2,16,17,21). The van der Waals surface area contributed by atoms with Crippen LogP contribution in [0, 0.1) is 13.8 Å². The SMILES string of the molecule is CCC(CCO)NC(=O)NC(CC)c1c(C)nn(C)c1C. The van der Waals surface area contributed by atoms with E-state index in [0.717, 1.165) is 29.8 Å². The predicted molar refractivity (Wildman–Crippen MR) is 83.2 cm³/mol. The molecule has 1 aromatic heterocycles. The van der Waals surface area contributed by atoms with Crippen LogP contribution in [0.1, 0.15) is 56.1 Å². The molecule has 21 heavy (non-hydrogen) atoms. The lowest BCUT2D eigenvalue weighted by Crippen LogP contribution is -2.43. The van der Waals surface area contributed by atoms with E-state index in [-0.39, 0.29) is 24.7 Å². The van der Waals surface area contributed by atoms with Crippen molar-refractivity contribution in [3.05, 3.63) is 17.0 Å². The average Bonchev–Trinajstić information content (AvgIpc) is 2.69. The van der Waals surface area contributed by atoms with Gasteiger partial charge in [0.15, 0.2) is 0 Å². The maximum atomic E-state index is 12.1. The molecule has 2 unspecified atom stereocenters. The third-order valence-electron chi connectivity index (χ3n) is 3.93. The molecule has 2 atom stereocenters. The van der Waals surface area contributed by atoms with Gasteiger partial charge >= 0.3 is 6.03 Å². The number of aliphatic hydroxyl groups excluding tert-OH is 1. The number of amides is 2. The number of nitrogens with zero attached hydrogens (tertiary/aromatic N) is 2. The number of hydrogen-bond donors (Lipinski definition) is 3. The predicted octanol–water partition coefficient (Wildman–Crippen LogP) is 1.95. The first kappa shape index (κ1) is 17.5. The van der Waals surface area contributed by atoms with Gasteiger partial charge in [0, 0.05) is 31.0 Å². The molecule has 0 aliphatic heterocycles. The summed E-state index contributed by atoms with van der Waals surface area (Å²) in [5.74, 6) is 0. The third kappa shape index (κ3) is 4.46. The highest BCUT2D eigenvalue weighted by Gasteiger charge is 2.21. The Morgan fingerprint density at radius 3 is 2.38 bits per heavy atom. The summed E-state index contributed by atoms with van der Waals surface area (Å²) in [6.07, 6.45) is 2.18. The number of carbonyl (C=O) groups excluding carboxylic acids is 1. The zero-order valence-electron chi connectivity index (χ0n) is 13.7. The van der Waals surface area contributed by atoms with Crippen LogP contribution in [0.15, 0.2) is 0 Å². The van der Waals surface area contributed by atoms with Crippen LogP contribution in [-0.2, 0) is 7.05 Å². The minimum Gasteiger partial charge on any atom is -0.396 e. The molecule has 120 valence electrons. The Kier molecular flexibility index (Phi) is 6.68. The molecule has 1 aromatic rings. The zero-order chi connectivity index (χ0) is 16.0. The van der Waals surface area contributed by atoms with E-state index in [9.17, 15) is 4.79 Å². The largest absolute Gasteiger partial charge is 0.396 e. The van der Waals surface area contributed by atoms with Crippen molar-refractivity contribution in [1.82, 2.24) is 20.4 Å². The quantitative estimate of drug-likeness (QED) is 0.719. The highest BCUT2D eigenvalue weighted by molar-refractivity contribution is 5.74. The molecule has 6 nitrogen and oxygen atoms in total. The Morgan fingerprint density at radius 1 is 1.29 bits per heavy atom. The van der Waals surface area contributed by atoms with Gasteiger partial charge in [-0.3, -0.25) is 4.68 Å². The number of aliphatic hydroxyl groups is 1. The van der Waals surface area contributed by atoms with Crippen molar-refractivity contribution < 1.29 is 9.90 Å². The topological polar surface area (TPSA) is 79.2 Å². The fourth-order valence-corrected chi connectivity index (χ4v) is 2.59. The molecule has 0 saturated carbocycles.